The molecule has 1 aliphatic rings. The first-order chi connectivity index (χ1) is 12.4. The van der Waals surface area contributed by atoms with Crippen LogP contribution in [0, 0.1) is 6.92 Å². The Morgan fingerprint density at radius 2 is 1.88 bits per heavy atom. The molecule has 0 aliphatic carbocycles. The maximum Gasteiger partial charge on any atom is 0.257 e. The van der Waals surface area contributed by atoms with Crippen LogP contribution in [0.25, 0.3) is 0 Å². The standard InChI is InChI=1S/C18H20ClN3O3S/c1-13-5-7-15(21-18(23)14-6-8-17(19)20-12-14)11-16(13)26(24,25)22-9-3-2-4-10-22/h5-8,11-12H,2-4,9-10H2,1H3,(H,21,23). The third-order valence-electron chi connectivity index (χ3n) is 4.37. The summed E-state index contributed by atoms with van der Waals surface area (Å²) in [6.45, 7) is 2.83. The van der Waals surface area contributed by atoms with Gasteiger partial charge in [-0.25, -0.2) is 13.4 Å². The zero-order valence-corrected chi connectivity index (χ0v) is 16.0. The fraction of sp³-hybridized carbons (Fsp3) is 0.333. The average molecular weight is 394 g/mol. The Morgan fingerprint density at radius 1 is 1.15 bits per heavy atom. The number of halogens is 1. The van der Waals surface area contributed by atoms with Gasteiger partial charge in [-0.1, -0.05) is 24.1 Å². The molecule has 3 rings (SSSR count). The van der Waals surface area contributed by atoms with Gasteiger partial charge in [-0.3, -0.25) is 4.79 Å². The number of carbonyl (C=O) groups excluding carboxylic acids is 1. The van der Waals surface area contributed by atoms with Crippen LogP contribution in [0.1, 0.15) is 35.2 Å². The van der Waals surface area contributed by atoms with Gasteiger partial charge < -0.3 is 5.32 Å². The van der Waals surface area contributed by atoms with Crippen molar-refractivity contribution in [2.24, 2.45) is 0 Å². The normalized spacial score (nSPS) is 15.6. The number of piperidine rings is 1. The second-order valence-corrected chi connectivity index (χ2v) is 8.56. The van der Waals surface area contributed by atoms with E-state index in [1.165, 1.54) is 22.6 Å². The summed E-state index contributed by atoms with van der Waals surface area (Å²) >= 11 is 5.72. The molecular formula is C18H20ClN3O3S. The number of anilines is 1. The molecule has 1 amide bonds. The van der Waals surface area contributed by atoms with Crippen LogP contribution in [0.4, 0.5) is 5.69 Å². The van der Waals surface area contributed by atoms with E-state index in [-0.39, 0.29) is 10.8 Å². The molecule has 0 unspecified atom stereocenters. The molecule has 1 N–H and O–H groups in total. The lowest BCUT2D eigenvalue weighted by Gasteiger charge is -2.26. The average Bonchev–Trinajstić information content (AvgIpc) is 2.64. The molecule has 1 saturated heterocycles. The van der Waals surface area contributed by atoms with E-state index >= 15 is 0 Å². The lowest BCUT2D eigenvalue weighted by molar-refractivity contribution is 0.102. The molecule has 6 nitrogen and oxygen atoms in total. The van der Waals surface area contributed by atoms with Crippen LogP contribution in [0.15, 0.2) is 41.4 Å². The van der Waals surface area contributed by atoms with Gasteiger partial charge in [-0.15, -0.1) is 0 Å². The van der Waals surface area contributed by atoms with Crippen LogP contribution < -0.4 is 5.32 Å². The van der Waals surface area contributed by atoms with Crippen LogP contribution >= 0.6 is 11.6 Å². The molecule has 1 aliphatic heterocycles. The SMILES string of the molecule is Cc1ccc(NC(=O)c2ccc(Cl)nc2)cc1S(=O)(=O)N1CCCCC1. The number of amides is 1. The van der Waals surface area contributed by atoms with Gasteiger partial charge >= 0.3 is 0 Å². The number of hydrogen-bond acceptors (Lipinski definition) is 4. The van der Waals surface area contributed by atoms with Crippen LogP contribution in [0.3, 0.4) is 0 Å². The molecule has 0 radical (unpaired) electrons. The smallest absolute Gasteiger partial charge is 0.257 e. The zero-order chi connectivity index (χ0) is 18.7. The maximum absolute atomic E-state index is 12.9. The summed E-state index contributed by atoms with van der Waals surface area (Å²) in [7, 11) is -3.57. The third-order valence-corrected chi connectivity index (χ3v) is 6.63. The highest BCUT2D eigenvalue weighted by molar-refractivity contribution is 7.89. The van der Waals surface area contributed by atoms with Crippen molar-refractivity contribution in [3.63, 3.8) is 0 Å². The predicted octanol–water partition coefficient (Wildman–Crippen LogP) is 3.47. The molecule has 1 aromatic heterocycles. The van der Waals surface area contributed by atoms with E-state index in [0.29, 0.717) is 35.1 Å². The number of nitrogens with zero attached hydrogens (tertiary/aromatic N) is 2. The minimum absolute atomic E-state index is 0.228. The molecule has 1 aromatic carbocycles. The predicted molar refractivity (Wildman–Crippen MR) is 101 cm³/mol. The van der Waals surface area contributed by atoms with Crippen molar-refractivity contribution in [3.05, 3.63) is 52.8 Å². The Balaban J connectivity index is 1.85. The number of carbonyl (C=O) groups is 1. The zero-order valence-electron chi connectivity index (χ0n) is 14.4. The fourth-order valence-corrected chi connectivity index (χ4v) is 4.79. The highest BCUT2D eigenvalue weighted by Crippen LogP contribution is 2.26. The number of aromatic nitrogens is 1. The largest absolute Gasteiger partial charge is 0.322 e. The maximum atomic E-state index is 12.9. The van der Waals surface area contributed by atoms with Gasteiger partial charge in [-0.05, 0) is 49.6 Å². The Bertz CT molecular complexity index is 908. The summed E-state index contributed by atoms with van der Waals surface area (Å²) in [5, 5.41) is 3.01. The van der Waals surface area contributed by atoms with Gasteiger partial charge in [0.2, 0.25) is 10.0 Å². The van der Waals surface area contributed by atoms with Crippen molar-refractivity contribution in [1.82, 2.24) is 9.29 Å². The molecule has 8 heteroatoms. The molecule has 26 heavy (non-hydrogen) atoms. The van der Waals surface area contributed by atoms with Gasteiger partial charge in [0.05, 0.1) is 10.5 Å². The number of rotatable bonds is 4. The van der Waals surface area contributed by atoms with E-state index in [2.05, 4.69) is 10.3 Å². The number of nitrogens with one attached hydrogen (secondary N) is 1. The quantitative estimate of drug-likeness (QED) is 0.806. The minimum atomic E-state index is -3.57. The lowest BCUT2D eigenvalue weighted by atomic mass is 10.2. The van der Waals surface area contributed by atoms with E-state index in [9.17, 15) is 13.2 Å². The van der Waals surface area contributed by atoms with Crippen molar-refractivity contribution >= 4 is 33.2 Å². The number of hydrogen-bond donors (Lipinski definition) is 1. The highest BCUT2D eigenvalue weighted by Gasteiger charge is 2.27. The van der Waals surface area contributed by atoms with Crippen LogP contribution in [0.2, 0.25) is 5.15 Å². The lowest BCUT2D eigenvalue weighted by Crippen LogP contribution is -2.36. The van der Waals surface area contributed by atoms with Crippen molar-refractivity contribution in [1.29, 1.82) is 0 Å². The van der Waals surface area contributed by atoms with Crippen LogP contribution in [0.5, 0.6) is 0 Å². The monoisotopic (exact) mass is 393 g/mol. The van der Waals surface area contributed by atoms with E-state index in [4.69, 9.17) is 11.6 Å². The number of pyridine rings is 1. The first-order valence-electron chi connectivity index (χ1n) is 8.41. The van der Waals surface area contributed by atoms with Crippen molar-refractivity contribution in [3.8, 4) is 0 Å². The van der Waals surface area contributed by atoms with Gasteiger partial charge in [-0.2, -0.15) is 4.31 Å². The first-order valence-corrected chi connectivity index (χ1v) is 10.2. The van der Waals surface area contributed by atoms with E-state index < -0.39 is 10.0 Å². The van der Waals surface area contributed by atoms with Crippen LogP contribution in [-0.4, -0.2) is 36.7 Å². The van der Waals surface area contributed by atoms with Crippen molar-refractivity contribution in [2.75, 3.05) is 18.4 Å². The van der Waals surface area contributed by atoms with Crippen molar-refractivity contribution < 1.29 is 13.2 Å². The Morgan fingerprint density at radius 3 is 2.54 bits per heavy atom. The Hall–Kier alpha value is -1.96. The van der Waals surface area contributed by atoms with Crippen molar-refractivity contribution in [2.45, 2.75) is 31.1 Å². The summed E-state index contributed by atoms with van der Waals surface area (Å²) in [5.41, 5.74) is 1.42. The molecule has 2 aromatic rings. The number of aryl methyl sites for hydroxylation is 1. The van der Waals surface area contributed by atoms with Crippen LogP contribution in [-0.2, 0) is 10.0 Å². The summed E-state index contributed by atoms with van der Waals surface area (Å²) < 4.78 is 27.4. The second-order valence-electron chi connectivity index (χ2n) is 6.27. The fourth-order valence-electron chi connectivity index (χ4n) is 2.91. The summed E-state index contributed by atoms with van der Waals surface area (Å²) in [4.78, 5) is 16.4. The van der Waals surface area contributed by atoms with Gasteiger partial charge in [0.25, 0.3) is 5.91 Å². The molecule has 2 heterocycles. The van der Waals surface area contributed by atoms with Gasteiger partial charge in [0.15, 0.2) is 0 Å². The van der Waals surface area contributed by atoms with E-state index in [0.717, 1.165) is 19.3 Å². The molecule has 0 bridgehead atoms. The molecule has 0 atom stereocenters. The molecule has 0 spiro atoms. The number of benzene rings is 1. The topological polar surface area (TPSA) is 79.4 Å². The Labute approximate surface area is 158 Å². The third kappa shape index (κ3) is 4.06. The summed E-state index contributed by atoms with van der Waals surface area (Å²) in [6.07, 6.45) is 4.17. The summed E-state index contributed by atoms with van der Waals surface area (Å²) in [5.74, 6) is -0.376. The summed E-state index contributed by atoms with van der Waals surface area (Å²) in [6, 6.07) is 7.99. The Kier molecular flexibility index (Phi) is 5.60. The number of sulfonamides is 1. The van der Waals surface area contributed by atoms with E-state index in [1.54, 1.807) is 25.1 Å². The van der Waals surface area contributed by atoms with Gasteiger partial charge in [0, 0.05) is 25.0 Å². The van der Waals surface area contributed by atoms with E-state index in [1.807, 2.05) is 0 Å². The molecule has 1 fully saturated rings. The minimum Gasteiger partial charge on any atom is -0.322 e. The first kappa shape index (κ1) is 18.8. The van der Waals surface area contributed by atoms with Gasteiger partial charge in [0.1, 0.15) is 5.15 Å². The second kappa shape index (κ2) is 7.73. The molecule has 138 valence electrons. The highest BCUT2D eigenvalue weighted by atomic mass is 35.5. The molecular weight excluding hydrogens is 374 g/mol. The molecule has 0 saturated carbocycles.